The number of carbonyl (C=O) groups excluding carboxylic acids is 1. The molecule has 0 radical (unpaired) electrons. The molecule has 27 heavy (non-hydrogen) atoms. The van der Waals surface area contributed by atoms with Gasteiger partial charge in [-0.05, 0) is 81.0 Å². The summed E-state index contributed by atoms with van der Waals surface area (Å²) >= 11 is 0. The minimum atomic E-state index is 0.0362. The van der Waals surface area contributed by atoms with Gasteiger partial charge in [0.05, 0.1) is 0 Å². The maximum Gasteiger partial charge on any atom is 0.306 e. The zero-order chi connectivity index (χ0) is 19.1. The quantitative estimate of drug-likeness (QED) is 0.312. The fraction of sp³-hybridized carbons (Fsp3) is 0.960. The lowest BCUT2D eigenvalue weighted by Gasteiger charge is -2.50. The highest BCUT2D eigenvalue weighted by atomic mass is 16.5. The summed E-state index contributed by atoms with van der Waals surface area (Å²) in [6.45, 7) is 4.36. The van der Waals surface area contributed by atoms with Gasteiger partial charge in [0.25, 0.3) is 0 Å². The maximum absolute atomic E-state index is 11.9. The Morgan fingerprint density at radius 2 is 1.48 bits per heavy atom. The lowest BCUT2D eigenvalue weighted by Crippen LogP contribution is -2.43. The van der Waals surface area contributed by atoms with Crippen LogP contribution in [0.25, 0.3) is 0 Å². The molecule has 3 fully saturated rings. The number of fused-ring (bicyclic) bond motifs is 3. The number of carbonyl (C=O) groups is 1. The van der Waals surface area contributed by atoms with Crippen LogP contribution in [0.5, 0.6) is 0 Å². The summed E-state index contributed by atoms with van der Waals surface area (Å²) in [5.74, 6) is 4.84. The molecule has 0 N–H and O–H groups in total. The Kier molecular flexibility index (Phi) is 8.52. The molecule has 2 heteroatoms. The molecule has 0 bridgehead atoms. The van der Waals surface area contributed by atoms with E-state index in [0.29, 0.717) is 6.42 Å². The van der Waals surface area contributed by atoms with Crippen molar-refractivity contribution in [3.8, 4) is 0 Å². The second-order valence-electron chi connectivity index (χ2n) is 9.98. The summed E-state index contributed by atoms with van der Waals surface area (Å²) < 4.78 is 5.77. The van der Waals surface area contributed by atoms with E-state index in [9.17, 15) is 4.79 Å². The predicted octanol–water partition coefficient (Wildman–Crippen LogP) is 7.30. The topological polar surface area (TPSA) is 26.3 Å². The number of esters is 1. The van der Waals surface area contributed by atoms with Crippen LogP contribution >= 0.6 is 0 Å². The van der Waals surface area contributed by atoms with E-state index in [1.807, 2.05) is 0 Å². The minimum Gasteiger partial charge on any atom is -0.462 e. The Hall–Kier alpha value is -0.530. The van der Waals surface area contributed by atoms with E-state index in [1.165, 1.54) is 77.0 Å². The fourth-order valence-corrected chi connectivity index (χ4v) is 6.70. The largest absolute Gasteiger partial charge is 0.462 e. The van der Waals surface area contributed by atoms with Crippen molar-refractivity contribution < 1.29 is 9.53 Å². The standard InChI is InChI=1S/C25H44O2/c1-3-5-6-7-8-10-19-11-15-23-20(17-19)12-13-21-18-22(14-16-24(21)23)27-25(26)9-4-2/h19-24H,3-18H2,1-2H3/t19-,20?,21?,22-,23?,24?/m1/s1. The third-order valence-corrected chi connectivity index (χ3v) is 8.07. The smallest absolute Gasteiger partial charge is 0.306 e. The van der Waals surface area contributed by atoms with Gasteiger partial charge >= 0.3 is 5.97 Å². The second kappa shape index (κ2) is 10.9. The summed E-state index contributed by atoms with van der Waals surface area (Å²) in [4.78, 5) is 11.9. The van der Waals surface area contributed by atoms with E-state index in [2.05, 4.69) is 13.8 Å². The van der Waals surface area contributed by atoms with Gasteiger partial charge in [0, 0.05) is 6.42 Å². The average molecular weight is 377 g/mol. The molecule has 0 saturated heterocycles. The molecule has 0 aromatic rings. The molecule has 0 heterocycles. The fourth-order valence-electron chi connectivity index (χ4n) is 6.70. The van der Waals surface area contributed by atoms with Crippen LogP contribution in [0.15, 0.2) is 0 Å². The van der Waals surface area contributed by atoms with Crippen LogP contribution in [0, 0.1) is 29.6 Å². The summed E-state index contributed by atoms with van der Waals surface area (Å²) in [6, 6.07) is 0. The van der Waals surface area contributed by atoms with Crippen LogP contribution < -0.4 is 0 Å². The second-order valence-corrected chi connectivity index (χ2v) is 9.98. The van der Waals surface area contributed by atoms with Crippen molar-refractivity contribution in [1.82, 2.24) is 0 Å². The van der Waals surface area contributed by atoms with Gasteiger partial charge in [0.1, 0.15) is 6.10 Å². The first kappa shape index (κ1) is 21.2. The summed E-state index contributed by atoms with van der Waals surface area (Å²) in [5, 5.41) is 0. The monoisotopic (exact) mass is 376 g/mol. The van der Waals surface area contributed by atoms with E-state index in [-0.39, 0.29) is 12.1 Å². The van der Waals surface area contributed by atoms with Crippen LogP contribution in [0.2, 0.25) is 0 Å². The summed E-state index contributed by atoms with van der Waals surface area (Å²) in [5.41, 5.74) is 0. The molecule has 4 unspecified atom stereocenters. The van der Waals surface area contributed by atoms with Crippen molar-refractivity contribution in [3.63, 3.8) is 0 Å². The highest BCUT2D eigenvalue weighted by Crippen LogP contribution is 2.53. The Balaban J connectivity index is 1.41. The number of unbranched alkanes of at least 4 members (excludes halogenated alkanes) is 4. The van der Waals surface area contributed by atoms with Gasteiger partial charge in [-0.25, -0.2) is 0 Å². The molecule has 0 spiro atoms. The molecule has 156 valence electrons. The Morgan fingerprint density at radius 3 is 2.22 bits per heavy atom. The first-order valence-electron chi connectivity index (χ1n) is 12.4. The normalized spacial score (nSPS) is 35.9. The number of hydrogen-bond acceptors (Lipinski definition) is 2. The van der Waals surface area contributed by atoms with Gasteiger partial charge in [-0.3, -0.25) is 4.79 Å². The highest BCUT2D eigenvalue weighted by molar-refractivity contribution is 5.69. The Morgan fingerprint density at radius 1 is 0.778 bits per heavy atom. The minimum absolute atomic E-state index is 0.0362. The molecule has 0 aliphatic heterocycles. The van der Waals surface area contributed by atoms with Gasteiger partial charge in [-0.1, -0.05) is 58.8 Å². The third-order valence-electron chi connectivity index (χ3n) is 8.07. The number of rotatable bonds is 9. The van der Waals surface area contributed by atoms with Gasteiger partial charge in [-0.15, -0.1) is 0 Å². The van der Waals surface area contributed by atoms with Crippen molar-refractivity contribution in [2.45, 2.75) is 123 Å². The molecule has 3 rings (SSSR count). The SMILES string of the molecule is CCCCCCC[C@@H]1CCC2C(CCC3C[C@H](OC(=O)CCC)CCC32)C1. The van der Waals surface area contributed by atoms with Crippen molar-refractivity contribution in [3.05, 3.63) is 0 Å². The van der Waals surface area contributed by atoms with E-state index >= 15 is 0 Å². The molecule has 6 atom stereocenters. The highest BCUT2D eigenvalue weighted by Gasteiger charge is 2.44. The van der Waals surface area contributed by atoms with Crippen molar-refractivity contribution in [2.75, 3.05) is 0 Å². The number of ether oxygens (including phenoxy) is 1. The predicted molar refractivity (Wildman–Crippen MR) is 113 cm³/mol. The summed E-state index contributed by atoms with van der Waals surface area (Å²) in [6.07, 6.45) is 21.3. The van der Waals surface area contributed by atoms with Crippen LogP contribution in [-0.4, -0.2) is 12.1 Å². The average Bonchev–Trinajstić information content (AvgIpc) is 2.67. The molecule has 0 amide bonds. The van der Waals surface area contributed by atoms with Crippen molar-refractivity contribution >= 4 is 5.97 Å². The molecule has 2 nitrogen and oxygen atoms in total. The lowest BCUT2D eigenvalue weighted by molar-refractivity contribution is -0.153. The molecular formula is C25H44O2. The van der Waals surface area contributed by atoms with Gasteiger partial charge in [0.15, 0.2) is 0 Å². The first-order valence-corrected chi connectivity index (χ1v) is 12.4. The zero-order valence-corrected chi connectivity index (χ0v) is 18.1. The Labute approximate surface area is 168 Å². The van der Waals surface area contributed by atoms with Gasteiger partial charge in [0.2, 0.25) is 0 Å². The van der Waals surface area contributed by atoms with E-state index in [0.717, 1.165) is 48.9 Å². The zero-order valence-electron chi connectivity index (χ0n) is 18.1. The molecule has 0 aromatic heterocycles. The Bertz CT molecular complexity index is 446. The van der Waals surface area contributed by atoms with Gasteiger partial charge in [-0.2, -0.15) is 0 Å². The molecule has 3 saturated carbocycles. The summed E-state index contributed by atoms with van der Waals surface area (Å²) in [7, 11) is 0. The van der Waals surface area contributed by atoms with Crippen LogP contribution in [-0.2, 0) is 9.53 Å². The van der Waals surface area contributed by atoms with E-state index in [4.69, 9.17) is 4.74 Å². The molecule has 3 aliphatic carbocycles. The first-order chi connectivity index (χ1) is 13.2. The van der Waals surface area contributed by atoms with E-state index < -0.39 is 0 Å². The third kappa shape index (κ3) is 5.97. The van der Waals surface area contributed by atoms with Crippen LogP contribution in [0.3, 0.4) is 0 Å². The maximum atomic E-state index is 11.9. The lowest BCUT2D eigenvalue weighted by atomic mass is 9.56. The molecule has 0 aromatic carbocycles. The van der Waals surface area contributed by atoms with Gasteiger partial charge < -0.3 is 4.74 Å². The van der Waals surface area contributed by atoms with E-state index in [1.54, 1.807) is 0 Å². The van der Waals surface area contributed by atoms with Crippen molar-refractivity contribution in [2.24, 2.45) is 29.6 Å². The molecular weight excluding hydrogens is 332 g/mol. The van der Waals surface area contributed by atoms with Crippen LogP contribution in [0.1, 0.15) is 117 Å². The van der Waals surface area contributed by atoms with Crippen LogP contribution in [0.4, 0.5) is 0 Å². The molecule has 3 aliphatic rings. The number of hydrogen-bond donors (Lipinski definition) is 0. The van der Waals surface area contributed by atoms with Crippen molar-refractivity contribution in [1.29, 1.82) is 0 Å².